The van der Waals surface area contributed by atoms with Crippen LogP contribution < -0.4 is 5.73 Å². The van der Waals surface area contributed by atoms with Gasteiger partial charge in [0.15, 0.2) is 5.78 Å². The summed E-state index contributed by atoms with van der Waals surface area (Å²) in [4.78, 5) is 12.5. The predicted octanol–water partition coefficient (Wildman–Crippen LogP) is 2.38. The van der Waals surface area contributed by atoms with E-state index in [0.717, 1.165) is 43.8 Å². The van der Waals surface area contributed by atoms with Crippen molar-refractivity contribution in [3.63, 3.8) is 0 Å². The largest absolute Gasteiger partial charge is 0.375 e. The fourth-order valence-electron chi connectivity index (χ4n) is 2.98. The lowest BCUT2D eigenvalue weighted by Gasteiger charge is -2.44. The van der Waals surface area contributed by atoms with Gasteiger partial charge < -0.3 is 10.5 Å². The lowest BCUT2D eigenvalue weighted by molar-refractivity contribution is -0.142. The van der Waals surface area contributed by atoms with Gasteiger partial charge in [-0.3, -0.25) is 4.79 Å². The van der Waals surface area contributed by atoms with Gasteiger partial charge in [0.1, 0.15) is 0 Å². The predicted molar refractivity (Wildman–Crippen MR) is 75.9 cm³/mol. The van der Waals surface area contributed by atoms with E-state index in [-0.39, 0.29) is 17.3 Å². The average Bonchev–Trinajstić information content (AvgIpc) is 2.39. The first-order valence-corrected chi connectivity index (χ1v) is 8.19. The molecule has 104 valence electrons. The van der Waals surface area contributed by atoms with Crippen molar-refractivity contribution in [3.05, 3.63) is 0 Å². The van der Waals surface area contributed by atoms with Crippen molar-refractivity contribution in [2.45, 2.75) is 57.1 Å². The Kier molecular flexibility index (Phi) is 4.40. The molecule has 2 saturated heterocycles. The van der Waals surface area contributed by atoms with Crippen molar-refractivity contribution in [1.29, 1.82) is 0 Å². The highest BCUT2D eigenvalue weighted by Crippen LogP contribution is 2.40. The molecule has 2 unspecified atom stereocenters. The molecule has 2 fully saturated rings. The Morgan fingerprint density at radius 3 is 2.78 bits per heavy atom. The summed E-state index contributed by atoms with van der Waals surface area (Å²) >= 11 is 1.99. The van der Waals surface area contributed by atoms with Crippen LogP contribution >= 0.6 is 11.8 Å². The maximum atomic E-state index is 12.5. The number of nitrogens with two attached hydrogens (primary N) is 1. The van der Waals surface area contributed by atoms with Crippen LogP contribution in [0.25, 0.3) is 0 Å². The molecule has 0 bridgehead atoms. The molecule has 1 spiro atoms. The Morgan fingerprint density at radius 2 is 2.17 bits per heavy atom. The number of Topliss-reactive ketones (excluding diaryl/α,β-unsaturated/α-hetero) is 1. The van der Waals surface area contributed by atoms with Crippen molar-refractivity contribution < 1.29 is 9.53 Å². The molecule has 2 aliphatic heterocycles. The number of carbonyl (C=O) groups excluding carboxylic acids is 1. The maximum absolute atomic E-state index is 12.5. The second kappa shape index (κ2) is 5.51. The third kappa shape index (κ3) is 2.91. The van der Waals surface area contributed by atoms with Gasteiger partial charge in [0.2, 0.25) is 0 Å². The average molecular weight is 271 g/mol. The minimum Gasteiger partial charge on any atom is -0.375 e. The molecule has 4 heteroatoms. The lowest BCUT2D eigenvalue weighted by Crippen LogP contribution is -2.52. The normalized spacial score (nSPS) is 30.9. The summed E-state index contributed by atoms with van der Waals surface area (Å²) in [7, 11) is 0. The monoisotopic (exact) mass is 271 g/mol. The summed E-state index contributed by atoms with van der Waals surface area (Å²) in [6.45, 7) is 4.58. The van der Waals surface area contributed by atoms with Crippen LogP contribution in [-0.2, 0) is 9.53 Å². The van der Waals surface area contributed by atoms with Gasteiger partial charge in [0.05, 0.1) is 11.1 Å². The summed E-state index contributed by atoms with van der Waals surface area (Å²) in [5, 5.41) is 0. The molecule has 2 aliphatic rings. The van der Waals surface area contributed by atoms with Crippen molar-refractivity contribution in [2.75, 3.05) is 18.1 Å². The molecule has 0 amide bonds. The van der Waals surface area contributed by atoms with Gasteiger partial charge in [-0.25, -0.2) is 0 Å². The second-order valence-electron chi connectivity index (χ2n) is 5.97. The first kappa shape index (κ1) is 14.4. The van der Waals surface area contributed by atoms with E-state index in [4.69, 9.17) is 10.5 Å². The summed E-state index contributed by atoms with van der Waals surface area (Å²) < 4.78 is 6.03. The number of hydrogen-bond donors (Lipinski definition) is 1. The molecule has 0 aromatic carbocycles. The molecule has 2 rings (SSSR count). The van der Waals surface area contributed by atoms with Crippen LogP contribution in [0, 0.1) is 5.92 Å². The van der Waals surface area contributed by atoms with Gasteiger partial charge in [0.25, 0.3) is 0 Å². The number of thioether (sulfide) groups is 1. The fourth-order valence-corrected chi connectivity index (χ4v) is 4.22. The Labute approximate surface area is 114 Å². The third-order valence-corrected chi connectivity index (χ3v) is 5.55. The molecule has 2 N–H and O–H groups in total. The van der Waals surface area contributed by atoms with E-state index in [1.807, 2.05) is 25.6 Å². The molecule has 2 atom stereocenters. The van der Waals surface area contributed by atoms with E-state index in [1.54, 1.807) is 0 Å². The van der Waals surface area contributed by atoms with Crippen LogP contribution in [0.1, 0.15) is 46.0 Å². The van der Waals surface area contributed by atoms with Gasteiger partial charge in [0, 0.05) is 12.5 Å². The zero-order valence-corrected chi connectivity index (χ0v) is 12.4. The highest BCUT2D eigenvalue weighted by molar-refractivity contribution is 7.99. The third-order valence-electron chi connectivity index (χ3n) is 4.57. The highest BCUT2D eigenvalue weighted by Gasteiger charge is 2.43. The van der Waals surface area contributed by atoms with Gasteiger partial charge in [-0.2, -0.15) is 11.8 Å². The van der Waals surface area contributed by atoms with Crippen LogP contribution in [0.5, 0.6) is 0 Å². The number of rotatable bonds is 3. The van der Waals surface area contributed by atoms with Crippen LogP contribution in [0.15, 0.2) is 0 Å². The number of ether oxygens (including phenoxy) is 1. The summed E-state index contributed by atoms with van der Waals surface area (Å²) in [5.41, 5.74) is 5.43. The van der Waals surface area contributed by atoms with Crippen molar-refractivity contribution in [2.24, 2.45) is 11.7 Å². The topological polar surface area (TPSA) is 52.3 Å². The summed E-state index contributed by atoms with van der Waals surface area (Å²) in [6, 6.07) is 0. The second-order valence-corrected chi connectivity index (χ2v) is 7.19. The molecule has 0 aromatic heterocycles. The molecular formula is C14H25NO2S. The van der Waals surface area contributed by atoms with Crippen LogP contribution in [0.3, 0.4) is 0 Å². The number of ketones is 1. The number of hydrogen-bond acceptors (Lipinski definition) is 4. The Balaban J connectivity index is 2.04. The molecule has 18 heavy (non-hydrogen) atoms. The van der Waals surface area contributed by atoms with E-state index < -0.39 is 5.54 Å². The quantitative estimate of drug-likeness (QED) is 0.856. The SMILES string of the molecule is CCC(C)(N)C(=O)C1CCOC2(CCSCC2)C1. The van der Waals surface area contributed by atoms with E-state index in [9.17, 15) is 4.79 Å². The standard InChI is InChI=1S/C14H25NO2S/c1-3-13(2,15)12(16)11-4-7-17-14(10-11)5-8-18-9-6-14/h11H,3-10,15H2,1-2H3. The van der Waals surface area contributed by atoms with E-state index in [2.05, 4.69) is 0 Å². The minimum absolute atomic E-state index is 0.0202. The smallest absolute Gasteiger partial charge is 0.155 e. The van der Waals surface area contributed by atoms with Crippen LogP contribution in [-0.4, -0.2) is 35.0 Å². The van der Waals surface area contributed by atoms with Gasteiger partial charge in [-0.15, -0.1) is 0 Å². The zero-order chi connectivity index (χ0) is 13.2. The van der Waals surface area contributed by atoms with Gasteiger partial charge >= 0.3 is 0 Å². The van der Waals surface area contributed by atoms with E-state index >= 15 is 0 Å². The summed E-state index contributed by atoms with van der Waals surface area (Å²) in [5.74, 6) is 2.67. The molecule has 0 aromatic rings. The summed E-state index contributed by atoms with van der Waals surface area (Å²) in [6.07, 6.45) is 4.63. The minimum atomic E-state index is -0.660. The molecular weight excluding hydrogens is 246 g/mol. The van der Waals surface area contributed by atoms with Gasteiger partial charge in [-0.1, -0.05) is 6.92 Å². The molecule has 0 saturated carbocycles. The maximum Gasteiger partial charge on any atom is 0.155 e. The molecule has 3 nitrogen and oxygen atoms in total. The zero-order valence-electron chi connectivity index (χ0n) is 11.5. The molecule has 0 aliphatic carbocycles. The Morgan fingerprint density at radius 1 is 1.50 bits per heavy atom. The van der Waals surface area contributed by atoms with Crippen molar-refractivity contribution in [3.8, 4) is 0 Å². The van der Waals surface area contributed by atoms with Crippen LogP contribution in [0.2, 0.25) is 0 Å². The fraction of sp³-hybridized carbons (Fsp3) is 0.929. The number of carbonyl (C=O) groups is 1. The first-order valence-electron chi connectivity index (χ1n) is 7.04. The lowest BCUT2D eigenvalue weighted by atomic mass is 9.75. The molecule has 2 heterocycles. The van der Waals surface area contributed by atoms with Gasteiger partial charge in [-0.05, 0) is 50.5 Å². The van der Waals surface area contributed by atoms with Crippen molar-refractivity contribution >= 4 is 17.5 Å². The Bertz CT molecular complexity index is 305. The highest BCUT2D eigenvalue weighted by atomic mass is 32.2. The van der Waals surface area contributed by atoms with E-state index in [0.29, 0.717) is 6.42 Å². The Hall–Kier alpha value is -0.0600. The van der Waals surface area contributed by atoms with Crippen molar-refractivity contribution in [1.82, 2.24) is 0 Å². The first-order chi connectivity index (χ1) is 8.49. The van der Waals surface area contributed by atoms with Crippen LogP contribution in [0.4, 0.5) is 0 Å². The van der Waals surface area contributed by atoms with E-state index in [1.165, 1.54) is 0 Å². The molecule has 0 radical (unpaired) electrons.